The maximum absolute atomic E-state index is 15.5. The molecule has 2 saturated heterocycles. The zero-order chi connectivity index (χ0) is 43.0. The van der Waals surface area contributed by atoms with Crippen LogP contribution < -0.4 is 19.9 Å². The Hall–Kier alpha value is -5.51. The van der Waals surface area contributed by atoms with Gasteiger partial charge in [-0.05, 0) is 91.4 Å². The highest BCUT2D eigenvalue weighted by Crippen LogP contribution is 2.64. The number of fused-ring (bicyclic) bond motifs is 4. The van der Waals surface area contributed by atoms with Crippen LogP contribution in [0.2, 0.25) is 15.1 Å². The van der Waals surface area contributed by atoms with Crippen LogP contribution >= 0.6 is 34.8 Å². The van der Waals surface area contributed by atoms with Gasteiger partial charge in [0.2, 0.25) is 0 Å². The lowest BCUT2D eigenvalue weighted by molar-refractivity contribution is -0.142. The zero-order valence-corrected chi connectivity index (χ0v) is 34.2. The highest BCUT2D eigenvalue weighted by Gasteiger charge is 2.70. The number of rotatable bonds is 9. The van der Waals surface area contributed by atoms with Crippen LogP contribution in [-0.4, -0.2) is 64.5 Å². The van der Waals surface area contributed by atoms with Crippen LogP contribution in [0.1, 0.15) is 42.5 Å². The molecule has 8 rings (SSSR count). The lowest BCUT2D eigenvalue weighted by atomic mass is 9.49. The number of alkyl halides is 3. The Balaban J connectivity index is 1.30. The first-order valence-corrected chi connectivity index (χ1v) is 19.9. The summed E-state index contributed by atoms with van der Waals surface area (Å²) in [5, 5.41) is 13.6. The molecule has 1 aromatic heterocycles. The van der Waals surface area contributed by atoms with Crippen LogP contribution in [0, 0.1) is 23.7 Å². The molecule has 12 nitrogen and oxygen atoms in total. The topological polar surface area (TPSA) is 142 Å². The smallest absolute Gasteiger partial charge is 0.433 e. The molecule has 1 saturated carbocycles. The molecule has 3 aromatic carbocycles. The second-order valence-electron chi connectivity index (χ2n) is 14.9. The van der Waals surface area contributed by atoms with Gasteiger partial charge < -0.3 is 14.6 Å². The molecular weight excluding hydrogens is 850 g/mol. The number of imide groups is 2. The van der Waals surface area contributed by atoms with Gasteiger partial charge in [0.25, 0.3) is 23.6 Å². The monoisotopic (exact) mass is 883 g/mol. The van der Waals surface area contributed by atoms with Crippen molar-refractivity contribution in [3.63, 3.8) is 0 Å². The van der Waals surface area contributed by atoms with Crippen molar-refractivity contribution in [2.45, 2.75) is 37.3 Å². The van der Waals surface area contributed by atoms with Crippen molar-refractivity contribution in [1.29, 1.82) is 0 Å². The normalized spacial score (nSPS) is 24.8. The van der Waals surface area contributed by atoms with Crippen LogP contribution in [0.15, 0.2) is 84.4 Å². The van der Waals surface area contributed by atoms with E-state index >= 15 is 9.59 Å². The molecule has 0 spiro atoms. The number of hydrazine groups is 2. The number of nitrogens with one attached hydrogen (secondary N) is 1. The van der Waals surface area contributed by atoms with Gasteiger partial charge in [0, 0.05) is 18.0 Å². The molecule has 4 amide bonds. The van der Waals surface area contributed by atoms with Crippen molar-refractivity contribution in [3.8, 4) is 17.2 Å². The third kappa shape index (κ3) is 6.40. The summed E-state index contributed by atoms with van der Waals surface area (Å²) in [6.45, 7) is 1.92. The number of aromatic hydroxyl groups is 1. The highest BCUT2D eigenvalue weighted by molar-refractivity contribution is 6.36. The van der Waals surface area contributed by atoms with Gasteiger partial charge in [-0.3, -0.25) is 29.6 Å². The number of allylic oxidation sites excluding steroid dienone is 2. The van der Waals surface area contributed by atoms with Gasteiger partial charge in [-0.1, -0.05) is 64.7 Å². The molecule has 2 aliphatic carbocycles. The number of aromatic nitrogens is 1. The average Bonchev–Trinajstić information content (AvgIpc) is 3.59. The first-order chi connectivity index (χ1) is 28.5. The number of phenols is 1. The molecule has 4 aromatic rings. The van der Waals surface area contributed by atoms with Crippen molar-refractivity contribution in [2.24, 2.45) is 23.7 Å². The van der Waals surface area contributed by atoms with Crippen molar-refractivity contribution in [3.05, 3.63) is 116 Å². The molecule has 4 aliphatic rings. The summed E-state index contributed by atoms with van der Waals surface area (Å²) in [5.41, 5.74) is 1.63. The number of carbonyl (C=O) groups is 4. The Morgan fingerprint density at radius 3 is 2.33 bits per heavy atom. The summed E-state index contributed by atoms with van der Waals surface area (Å²) in [7, 11) is 2.72. The summed E-state index contributed by atoms with van der Waals surface area (Å²) < 4.78 is 52.5. The molecule has 2 N–H and O–H groups in total. The third-order valence-electron chi connectivity index (χ3n) is 11.9. The van der Waals surface area contributed by atoms with Crippen molar-refractivity contribution in [2.75, 3.05) is 31.2 Å². The number of hydrogen-bond donors (Lipinski definition) is 2. The van der Waals surface area contributed by atoms with E-state index in [2.05, 4.69) is 10.4 Å². The second kappa shape index (κ2) is 15.2. The number of phenolic OH excluding ortho intramolecular Hbond substituents is 1. The van der Waals surface area contributed by atoms with Gasteiger partial charge in [0.15, 0.2) is 17.3 Å². The largest absolute Gasteiger partial charge is 0.504 e. The van der Waals surface area contributed by atoms with Crippen LogP contribution in [-0.2, 0) is 30.8 Å². The zero-order valence-electron chi connectivity index (χ0n) is 32.0. The minimum atomic E-state index is -4.84. The molecule has 0 unspecified atom stereocenters. The number of hydrogen-bond acceptors (Lipinski definition) is 10. The van der Waals surface area contributed by atoms with Gasteiger partial charge in [-0.25, -0.2) is 4.98 Å². The minimum absolute atomic E-state index is 0.00983. The van der Waals surface area contributed by atoms with Crippen LogP contribution in [0.4, 0.5) is 24.7 Å². The summed E-state index contributed by atoms with van der Waals surface area (Å²) in [4.78, 5) is 63.2. The number of halogens is 6. The number of benzene rings is 3. The van der Waals surface area contributed by atoms with E-state index in [0.717, 1.165) is 21.1 Å². The number of pyridine rings is 1. The number of nitrogens with zero attached hydrogens (tertiary/aromatic N) is 4. The quantitative estimate of drug-likeness (QED) is 0.125. The summed E-state index contributed by atoms with van der Waals surface area (Å²) in [5.74, 6) is -7.91. The molecule has 3 heterocycles. The van der Waals surface area contributed by atoms with E-state index in [9.17, 15) is 27.9 Å². The molecule has 18 heteroatoms. The maximum Gasteiger partial charge on any atom is 0.433 e. The molecule has 312 valence electrons. The van der Waals surface area contributed by atoms with Crippen molar-refractivity contribution < 1.29 is 46.9 Å². The standard InChI is InChI=1S/C42H35Cl3F3N5O7/c1-4-60-32-17-20(5-15-31(32)54)35-24-11-12-25-34(39(57)53(37(25)55)51(2)36-28(44)13-16-33(49-36)42(46,47)48)26(24)19-27-38(56)52(50-30-14-8-22(43)18-29(30)45)40(58)41(27,35)21-6-9-23(59-3)10-7-21/h5-11,13-18,25-27,34-35,50,54H,4,12,19H2,1-3H3/t25-,26+,27-,34-,35-,41+/m0/s1. The maximum atomic E-state index is 15.5. The minimum Gasteiger partial charge on any atom is -0.504 e. The number of ether oxygens (including phenoxy) is 2. The first kappa shape index (κ1) is 41.2. The summed E-state index contributed by atoms with van der Waals surface area (Å²) in [6, 6.07) is 17.6. The van der Waals surface area contributed by atoms with Crippen molar-refractivity contribution in [1.82, 2.24) is 15.0 Å². The molecule has 6 atom stereocenters. The first-order valence-electron chi connectivity index (χ1n) is 18.8. The fourth-order valence-corrected chi connectivity index (χ4v) is 10.1. The van der Waals surface area contributed by atoms with E-state index in [1.54, 1.807) is 49.4 Å². The fraction of sp³-hybridized carbons (Fsp3) is 0.310. The van der Waals surface area contributed by atoms with E-state index in [4.69, 9.17) is 44.3 Å². The van der Waals surface area contributed by atoms with Crippen LogP contribution in [0.5, 0.6) is 17.2 Å². The lowest BCUT2D eigenvalue weighted by Gasteiger charge is -2.50. The van der Waals surface area contributed by atoms with E-state index in [1.165, 1.54) is 38.4 Å². The van der Waals surface area contributed by atoms with E-state index in [0.29, 0.717) is 33.5 Å². The van der Waals surface area contributed by atoms with Crippen LogP contribution in [0.3, 0.4) is 0 Å². The van der Waals surface area contributed by atoms with Gasteiger partial charge in [-0.2, -0.15) is 23.2 Å². The molecule has 60 heavy (non-hydrogen) atoms. The second-order valence-corrected chi connectivity index (χ2v) is 16.1. The Kier molecular flexibility index (Phi) is 10.4. The Morgan fingerprint density at radius 2 is 1.67 bits per heavy atom. The number of anilines is 2. The van der Waals surface area contributed by atoms with E-state index in [-0.39, 0.29) is 46.7 Å². The predicted octanol–water partition coefficient (Wildman–Crippen LogP) is 8.21. The SMILES string of the molecule is CCOc1cc([C@H]2C3=CC[C@@H]4C(=O)N(N(C)c5nc(C(F)(F)F)ccc5Cl)C(=O)[C@@H]4[C@@H]3C[C@H]3C(=O)N(Nc4ccc(Cl)cc4Cl)C(=O)[C@@]23c2ccc(OC)cc2)ccc1O. The highest BCUT2D eigenvalue weighted by atomic mass is 35.5. The molecule has 0 radical (unpaired) electrons. The fourth-order valence-electron chi connectivity index (χ4n) is 9.39. The molecule has 3 fully saturated rings. The van der Waals surface area contributed by atoms with Gasteiger partial charge in [-0.15, -0.1) is 0 Å². The number of carbonyl (C=O) groups excluding carboxylic acids is 4. The summed E-state index contributed by atoms with van der Waals surface area (Å²) >= 11 is 19.0. The Labute approximate surface area is 356 Å². The number of amides is 4. The van der Waals surface area contributed by atoms with Gasteiger partial charge in [0.1, 0.15) is 11.4 Å². The molecule has 2 aliphatic heterocycles. The molecular formula is C42H35Cl3F3N5O7. The van der Waals surface area contributed by atoms with E-state index < -0.39 is 76.3 Å². The van der Waals surface area contributed by atoms with Gasteiger partial charge >= 0.3 is 6.18 Å². The van der Waals surface area contributed by atoms with Gasteiger partial charge in [0.05, 0.1) is 52.6 Å². The average molecular weight is 885 g/mol. The van der Waals surface area contributed by atoms with Crippen molar-refractivity contribution >= 4 is 69.9 Å². The predicted molar refractivity (Wildman–Crippen MR) is 214 cm³/mol. The lowest BCUT2D eigenvalue weighted by Crippen LogP contribution is -2.53. The van der Waals surface area contributed by atoms with Crippen LogP contribution in [0.25, 0.3) is 0 Å². The molecule has 0 bridgehead atoms. The Morgan fingerprint density at radius 1 is 0.933 bits per heavy atom. The number of methoxy groups -OCH3 is 1. The Bertz CT molecular complexity index is 2490. The summed E-state index contributed by atoms with van der Waals surface area (Å²) in [6.07, 6.45) is -3.12. The third-order valence-corrected chi connectivity index (χ3v) is 12.7. The van der Waals surface area contributed by atoms with E-state index in [1.807, 2.05) is 0 Å².